The van der Waals surface area contributed by atoms with E-state index in [0.717, 1.165) is 11.0 Å². The fourth-order valence-corrected chi connectivity index (χ4v) is 2.49. The molecule has 3 aromatic rings. The highest BCUT2D eigenvalue weighted by molar-refractivity contribution is 5.77. The number of fused-ring (bicyclic) bond motifs is 1. The Kier molecular flexibility index (Phi) is 3.47. The molecular formula is C17H17FN2O. The number of imidazole rings is 1. The van der Waals surface area contributed by atoms with Crippen molar-refractivity contribution in [3.05, 3.63) is 65.2 Å². The van der Waals surface area contributed by atoms with Crippen molar-refractivity contribution in [3.8, 4) is 0 Å². The first kappa shape index (κ1) is 13.8. The summed E-state index contributed by atoms with van der Waals surface area (Å²) in [4.78, 5) is 4.35. The molecule has 3 rings (SSSR count). The average Bonchev–Trinajstić information content (AvgIpc) is 2.82. The lowest BCUT2D eigenvalue weighted by Crippen LogP contribution is -2.09. The molecule has 2 aromatic carbocycles. The van der Waals surface area contributed by atoms with Gasteiger partial charge < -0.3 is 9.67 Å². The highest BCUT2D eigenvalue weighted by atomic mass is 19.1. The fourth-order valence-electron chi connectivity index (χ4n) is 2.49. The molecule has 0 spiro atoms. The number of benzene rings is 2. The summed E-state index contributed by atoms with van der Waals surface area (Å²) in [6.45, 7) is 4.36. The van der Waals surface area contributed by atoms with Gasteiger partial charge in [-0.3, -0.25) is 0 Å². The van der Waals surface area contributed by atoms with Crippen LogP contribution in [0.5, 0.6) is 0 Å². The highest BCUT2D eigenvalue weighted by Crippen LogP contribution is 2.23. The van der Waals surface area contributed by atoms with Gasteiger partial charge in [-0.1, -0.05) is 18.2 Å². The minimum atomic E-state index is -0.898. The van der Waals surface area contributed by atoms with Crippen LogP contribution in [-0.2, 0) is 6.54 Å². The normalized spacial score (nSPS) is 12.8. The van der Waals surface area contributed by atoms with E-state index in [4.69, 9.17) is 0 Å². The molecule has 1 N–H and O–H groups in total. The van der Waals surface area contributed by atoms with Crippen LogP contribution in [0.1, 0.15) is 22.8 Å². The quantitative estimate of drug-likeness (QED) is 0.799. The van der Waals surface area contributed by atoms with Gasteiger partial charge in [-0.2, -0.15) is 0 Å². The van der Waals surface area contributed by atoms with E-state index in [-0.39, 0.29) is 12.4 Å². The van der Waals surface area contributed by atoms with Crippen LogP contribution < -0.4 is 0 Å². The van der Waals surface area contributed by atoms with Gasteiger partial charge in [-0.15, -0.1) is 0 Å². The lowest BCUT2D eigenvalue weighted by molar-refractivity contribution is 0.153. The molecule has 0 saturated heterocycles. The van der Waals surface area contributed by atoms with E-state index in [1.54, 1.807) is 24.5 Å². The molecule has 3 nitrogen and oxygen atoms in total. The third-order valence-corrected chi connectivity index (χ3v) is 3.87. The molecule has 21 heavy (non-hydrogen) atoms. The van der Waals surface area contributed by atoms with Crippen molar-refractivity contribution in [2.24, 2.45) is 0 Å². The zero-order valence-corrected chi connectivity index (χ0v) is 12.0. The Morgan fingerprint density at radius 1 is 1.19 bits per heavy atom. The molecule has 1 aromatic heterocycles. The SMILES string of the molecule is Cc1cc2ncn(CC(O)c3ccccc3F)c2cc1C. The summed E-state index contributed by atoms with van der Waals surface area (Å²) in [6.07, 6.45) is 0.790. The predicted octanol–water partition coefficient (Wildman–Crippen LogP) is 3.53. The van der Waals surface area contributed by atoms with Crippen molar-refractivity contribution in [2.75, 3.05) is 0 Å². The highest BCUT2D eigenvalue weighted by Gasteiger charge is 2.14. The van der Waals surface area contributed by atoms with Crippen molar-refractivity contribution in [1.82, 2.24) is 9.55 Å². The van der Waals surface area contributed by atoms with E-state index in [1.165, 1.54) is 17.2 Å². The van der Waals surface area contributed by atoms with E-state index < -0.39 is 6.10 Å². The molecule has 0 aliphatic rings. The van der Waals surface area contributed by atoms with Crippen LogP contribution in [0.15, 0.2) is 42.7 Å². The van der Waals surface area contributed by atoms with Crippen molar-refractivity contribution >= 4 is 11.0 Å². The van der Waals surface area contributed by atoms with Crippen LogP contribution >= 0.6 is 0 Å². The van der Waals surface area contributed by atoms with Crippen LogP contribution in [0, 0.1) is 19.7 Å². The maximum absolute atomic E-state index is 13.7. The second-order valence-electron chi connectivity index (χ2n) is 5.36. The Labute approximate surface area is 122 Å². The van der Waals surface area contributed by atoms with Gasteiger partial charge in [0.2, 0.25) is 0 Å². The number of aliphatic hydroxyl groups is 1. The standard InChI is InChI=1S/C17H17FN2O/c1-11-7-15-16(8-12(11)2)20(10-19-15)9-17(21)13-5-3-4-6-14(13)18/h3-8,10,17,21H,9H2,1-2H3. The fraction of sp³-hybridized carbons (Fsp3) is 0.235. The van der Waals surface area contributed by atoms with Gasteiger partial charge in [0.1, 0.15) is 5.82 Å². The van der Waals surface area contributed by atoms with Crippen molar-refractivity contribution in [3.63, 3.8) is 0 Å². The molecule has 0 aliphatic carbocycles. The Bertz CT molecular complexity index is 795. The van der Waals surface area contributed by atoms with Gasteiger partial charge >= 0.3 is 0 Å². The third kappa shape index (κ3) is 2.54. The molecule has 108 valence electrons. The topological polar surface area (TPSA) is 38.0 Å². The predicted molar refractivity (Wildman–Crippen MR) is 80.6 cm³/mol. The van der Waals surface area contributed by atoms with Gasteiger partial charge in [0.05, 0.1) is 30.0 Å². The van der Waals surface area contributed by atoms with E-state index >= 15 is 0 Å². The largest absolute Gasteiger partial charge is 0.386 e. The Morgan fingerprint density at radius 3 is 2.67 bits per heavy atom. The molecule has 0 aliphatic heterocycles. The van der Waals surface area contributed by atoms with Crippen LogP contribution in [0.4, 0.5) is 4.39 Å². The van der Waals surface area contributed by atoms with Gasteiger partial charge in [0, 0.05) is 5.56 Å². The summed E-state index contributed by atoms with van der Waals surface area (Å²) < 4.78 is 15.6. The number of aliphatic hydroxyl groups excluding tert-OH is 1. The second-order valence-corrected chi connectivity index (χ2v) is 5.36. The second kappa shape index (κ2) is 5.30. The number of aromatic nitrogens is 2. The monoisotopic (exact) mass is 284 g/mol. The van der Waals surface area contributed by atoms with Crippen molar-refractivity contribution in [2.45, 2.75) is 26.5 Å². The first-order valence-electron chi connectivity index (χ1n) is 6.91. The minimum Gasteiger partial charge on any atom is -0.386 e. The number of hydrogen-bond acceptors (Lipinski definition) is 2. The molecule has 4 heteroatoms. The van der Waals surface area contributed by atoms with Gasteiger partial charge in [0.15, 0.2) is 0 Å². The van der Waals surface area contributed by atoms with Gasteiger partial charge in [-0.05, 0) is 43.2 Å². The lowest BCUT2D eigenvalue weighted by atomic mass is 10.1. The summed E-state index contributed by atoms with van der Waals surface area (Å²) >= 11 is 0. The molecule has 1 atom stereocenters. The van der Waals surface area contributed by atoms with Crippen molar-refractivity contribution in [1.29, 1.82) is 0 Å². The molecule has 0 amide bonds. The average molecular weight is 284 g/mol. The zero-order chi connectivity index (χ0) is 15.0. The van der Waals surface area contributed by atoms with E-state index in [0.29, 0.717) is 5.56 Å². The summed E-state index contributed by atoms with van der Waals surface area (Å²) in [5, 5.41) is 10.3. The zero-order valence-electron chi connectivity index (χ0n) is 12.0. The number of halogens is 1. The van der Waals surface area contributed by atoms with Crippen LogP contribution in [0.3, 0.4) is 0 Å². The molecule has 0 fully saturated rings. The number of rotatable bonds is 3. The van der Waals surface area contributed by atoms with Gasteiger partial charge in [0.25, 0.3) is 0 Å². The minimum absolute atomic E-state index is 0.278. The van der Waals surface area contributed by atoms with Crippen LogP contribution in [-0.4, -0.2) is 14.7 Å². The smallest absolute Gasteiger partial charge is 0.129 e. The Morgan fingerprint density at radius 2 is 1.90 bits per heavy atom. The Balaban J connectivity index is 1.95. The van der Waals surface area contributed by atoms with Crippen molar-refractivity contribution < 1.29 is 9.50 Å². The van der Waals surface area contributed by atoms with Crippen LogP contribution in [0.2, 0.25) is 0 Å². The van der Waals surface area contributed by atoms with Crippen LogP contribution in [0.25, 0.3) is 11.0 Å². The summed E-state index contributed by atoms with van der Waals surface area (Å²) in [5.74, 6) is -0.388. The maximum Gasteiger partial charge on any atom is 0.129 e. The molecule has 1 heterocycles. The van der Waals surface area contributed by atoms with E-state index in [9.17, 15) is 9.50 Å². The van der Waals surface area contributed by atoms with E-state index in [1.807, 2.05) is 30.5 Å². The Hall–Kier alpha value is -2.20. The summed E-state index contributed by atoms with van der Waals surface area (Å²) in [6, 6.07) is 10.4. The molecule has 1 unspecified atom stereocenters. The van der Waals surface area contributed by atoms with E-state index in [2.05, 4.69) is 4.98 Å². The first-order valence-corrected chi connectivity index (χ1v) is 6.91. The molecular weight excluding hydrogens is 267 g/mol. The summed E-state index contributed by atoms with van der Waals surface area (Å²) in [7, 11) is 0. The number of aryl methyl sites for hydroxylation is 2. The first-order chi connectivity index (χ1) is 10.1. The molecule has 0 bridgehead atoms. The number of hydrogen-bond donors (Lipinski definition) is 1. The number of nitrogens with zero attached hydrogens (tertiary/aromatic N) is 2. The maximum atomic E-state index is 13.7. The summed E-state index contributed by atoms with van der Waals surface area (Å²) in [5.41, 5.74) is 4.50. The third-order valence-electron chi connectivity index (χ3n) is 3.87. The molecule has 0 radical (unpaired) electrons. The van der Waals surface area contributed by atoms with Gasteiger partial charge in [-0.25, -0.2) is 9.37 Å². The molecule has 0 saturated carbocycles. The lowest BCUT2D eigenvalue weighted by Gasteiger charge is -2.13.